The zero-order valence-electron chi connectivity index (χ0n) is 16.0. The molecule has 0 radical (unpaired) electrons. The molecule has 4 aromatic rings. The fraction of sp³-hybridized carbons (Fsp3) is 0.217. The standard InChI is InChI=1S/C23H22N4OS/c28-21-20-19(18-9-7-17(8-10-18)16-5-2-1-3-6-16)15-29-22(20)26-23(25-21)27-13-4-11-24-12-14-27/h1-3,5-10,15,24H,4,11-14H2,(H,25,26,28). The smallest absolute Gasteiger partial charge is 0.261 e. The summed E-state index contributed by atoms with van der Waals surface area (Å²) in [6.45, 7) is 3.67. The van der Waals surface area contributed by atoms with Gasteiger partial charge in [-0.1, -0.05) is 54.6 Å². The minimum atomic E-state index is -0.0643. The summed E-state index contributed by atoms with van der Waals surface area (Å²) in [6.07, 6.45) is 1.05. The molecule has 2 N–H and O–H groups in total. The summed E-state index contributed by atoms with van der Waals surface area (Å²) in [4.78, 5) is 23.7. The number of hydrogen-bond acceptors (Lipinski definition) is 5. The van der Waals surface area contributed by atoms with Crippen LogP contribution < -0.4 is 15.8 Å². The summed E-state index contributed by atoms with van der Waals surface area (Å²) in [5, 5.41) is 6.10. The van der Waals surface area contributed by atoms with Crippen molar-refractivity contribution in [2.75, 3.05) is 31.1 Å². The van der Waals surface area contributed by atoms with Crippen LogP contribution in [0.2, 0.25) is 0 Å². The number of benzene rings is 2. The molecular formula is C23H22N4OS. The lowest BCUT2D eigenvalue weighted by Gasteiger charge is -2.20. The Balaban J connectivity index is 1.50. The van der Waals surface area contributed by atoms with Crippen LogP contribution >= 0.6 is 11.3 Å². The lowest BCUT2D eigenvalue weighted by Crippen LogP contribution is -2.31. The number of thiophene rings is 1. The van der Waals surface area contributed by atoms with Crippen LogP contribution in [0.3, 0.4) is 0 Å². The van der Waals surface area contributed by atoms with Gasteiger partial charge in [0.1, 0.15) is 4.83 Å². The molecule has 1 aliphatic rings. The van der Waals surface area contributed by atoms with Gasteiger partial charge in [-0.2, -0.15) is 0 Å². The summed E-state index contributed by atoms with van der Waals surface area (Å²) >= 11 is 1.53. The Morgan fingerprint density at radius 2 is 1.66 bits per heavy atom. The predicted octanol–water partition coefficient (Wildman–Crippen LogP) is 4.12. The molecular weight excluding hydrogens is 380 g/mol. The highest BCUT2D eigenvalue weighted by Gasteiger charge is 2.17. The van der Waals surface area contributed by atoms with Gasteiger partial charge in [-0.3, -0.25) is 9.78 Å². The summed E-state index contributed by atoms with van der Waals surface area (Å²) < 4.78 is 0. The molecule has 2 aromatic heterocycles. The van der Waals surface area contributed by atoms with Gasteiger partial charge in [-0.15, -0.1) is 11.3 Å². The molecule has 5 nitrogen and oxygen atoms in total. The van der Waals surface area contributed by atoms with Crippen LogP contribution in [0.5, 0.6) is 0 Å². The van der Waals surface area contributed by atoms with Gasteiger partial charge in [0.25, 0.3) is 5.56 Å². The molecule has 2 aromatic carbocycles. The van der Waals surface area contributed by atoms with E-state index in [1.54, 1.807) is 0 Å². The summed E-state index contributed by atoms with van der Waals surface area (Å²) in [7, 11) is 0. The number of aromatic amines is 1. The molecule has 146 valence electrons. The van der Waals surface area contributed by atoms with E-state index in [0.29, 0.717) is 11.3 Å². The number of anilines is 1. The van der Waals surface area contributed by atoms with Crippen molar-refractivity contribution in [2.24, 2.45) is 0 Å². The Morgan fingerprint density at radius 3 is 2.48 bits per heavy atom. The highest BCUT2D eigenvalue weighted by Crippen LogP contribution is 2.32. The predicted molar refractivity (Wildman–Crippen MR) is 121 cm³/mol. The SMILES string of the molecule is O=c1[nH]c(N2CCCNCC2)nc2scc(-c3ccc(-c4ccccc4)cc3)c12. The second-order valence-electron chi connectivity index (χ2n) is 7.25. The first-order valence-corrected chi connectivity index (χ1v) is 10.8. The molecule has 0 bridgehead atoms. The highest BCUT2D eigenvalue weighted by molar-refractivity contribution is 7.17. The molecule has 0 amide bonds. The van der Waals surface area contributed by atoms with Crippen LogP contribution in [-0.2, 0) is 0 Å². The Bertz CT molecular complexity index is 1170. The molecule has 3 heterocycles. The van der Waals surface area contributed by atoms with E-state index in [1.165, 1.54) is 16.9 Å². The first-order chi connectivity index (χ1) is 14.3. The summed E-state index contributed by atoms with van der Waals surface area (Å²) in [5.74, 6) is 0.680. The van der Waals surface area contributed by atoms with E-state index in [-0.39, 0.29) is 5.56 Å². The van der Waals surface area contributed by atoms with Gasteiger partial charge in [0.05, 0.1) is 5.39 Å². The molecule has 1 aliphatic heterocycles. The highest BCUT2D eigenvalue weighted by atomic mass is 32.1. The van der Waals surface area contributed by atoms with Crippen molar-refractivity contribution < 1.29 is 0 Å². The Labute approximate surface area is 173 Å². The van der Waals surface area contributed by atoms with Crippen molar-refractivity contribution in [3.63, 3.8) is 0 Å². The Hall–Kier alpha value is -2.96. The van der Waals surface area contributed by atoms with E-state index >= 15 is 0 Å². The van der Waals surface area contributed by atoms with E-state index in [2.05, 4.69) is 51.6 Å². The number of H-pyrrole nitrogens is 1. The molecule has 1 fully saturated rings. The van der Waals surface area contributed by atoms with Gasteiger partial charge in [-0.05, 0) is 29.7 Å². The third kappa shape index (κ3) is 3.57. The van der Waals surface area contributed by atoms with Crippen molar-refractivity contribution in [3.05, 3.63) is 70.3 Å². The van der Waals surface area contributed by atoms with Crippen LogP contribution in [0.4, 0.5) is 5.95 Å². The quantitative estimate of drug-likeness (QED) is 0.541. The van der Waals surface area contributed by atoms with E-state index in [1.807, 2.05) is 23.6 Å². The molecule has 1 saturated heterocycles. The molecule has 0 saturated carbocycles. The Kier molecular flexibility index (Phi) is 4.87. The monoisotopic (exact) mass is 402 g/mol. The fourth-order valence-electron chi connectivity index (χ4n) is 3.83. The number of rotatable bonds is 3. The molecule has 6 heteroatoms. The van der Waals surface area contributed by atoms with Gasteiger partial charge in [0, 0.05) is 30.6 Å². The molecule has 0 atom stereocenters. The fourth-order valence-corrected chi connectivity index (χ4v) is 4.77. The minimum absolute atomic E-state index is 0.0643. The number of nitrogens with zero attached hydrogens (tertiary/aromatic N) is 2. The summed E-state index contributed by atoms with van der Waals surface area (Å²) in [5.41, 5.74) is 4.27. The molecule has 0 spiro atoms. The van der Waals surface area contributed by atoms with Crippen LogP contribution in [0.1, 0.15) is 6.42 Å². The minimum Gasteiger partial charge on any atom is -0.341 e. The first-order valence-electron chi connectivity index (χ1n) is 9.93. The molecule has 5 rings (SSSR count). The lowest BCUT2D eigenvalue weighted by atomic mass is 10.0. The number of hydrogen-bond donors (Lipinski definition) is 2. The normalized spacial score (nSPS) is 14.8. The van der Waals surface area contributed by atoms with E-state index in [4.69, 9.17) is 4.98 Å². The first kappa shape index (κ1) is 18.1. The Morgan fingerprint density at radius 1 is 0.897 bits per heavy atom. The second-order valence-corrected chi connectivity index (χ2v) is 8.11. The van der Waals surface area contributed by atoms with E-state index in [9.17, 15) is 4.79 Å². The third-order valence-electron chi connectivity index (χ3n) is 5.37. The van der Waals surface area contributed by atoms with Crippen LogP contribution in [0.25, 0.3) is 32.5 Å². The van der Waals surface area contributed by atoms with Crippen molar-refractivity contribution >= 4 is 27.5 Å². The number of fused-ring (bicyclic) bond motifs is 1. The largest absolute Gasteiger partial charge is 0.341 e. The van der Waals surface area contributed by atoms with E-state index in [0.717, 1.165) is 54.1 Å². The van der Waals surface area contributed by atoms with Gasteiger partial charge in [0.15, 0.2) is 0 Å². The maximum absolute atomic E-state index is 12.9. The van der Waals surface area contributed by atoms with Crippen LogP contribution in [0, 0.1) is 0 Å². The van der Waals surface area contributed by atoms with Crippen molar-refractivity contribution in [2.45, 2.75) is 6.42 Å². The number of nitrogens with one attached hydrogen (secondary N) is 2. The van der Waals surface area contributed by atoms with Crippen LogP contribution in [-0.4, -0.2) is 36.1 Å². The topological polar surface area (TPSA) is 61.0 Å². The zero-order valence-corrected chi connectivity index (χ0v) is 16.8. The zero-order chi connectivity index (χ0) is 19.6. The summed E-state index contributed by atoms with van der Waals surface area (Å²) in [6, 6.07) is 18.7. The van der Waals surface area contributed by atoms with Gasteiger partial charge < -0.3 is 10.2 Å². The average molecular weight is 403 g/mol. The van der Waals surface area contributed by atoms with Gasteiger partial charge >= 0.3 is 0 Å². The van der Waals surface area contributed by atoms with Crippen molar-refractivity contribution in [1.82, 2.24) is 15.3 Å². The maximum Gasteiger partial charge on any atom is 0.261 e. The molecule has 0 aliphatic carbocycles. The number of aromatic nitrogens is 2. The lowest BCUT2D eigenvalue weighted by molar-refractivity contribution is 0.724. The van der Waals surface area contributed by atoms with Crippen molar-refractivity contribution in [1.29, 1.82) is 0 Å². The van der Waals surface area contributed by atoms with Crippen LogP contribution in [0.15, 0.2) is 64.8 Å². The van der Waals surface area contributed by atoms with Crippen molar-refractivity contribution in [3.8, 4) is 22.3 Å². The average Bonchev–Trinajstić information content (AvgIpc) is 3.01. The molecule has 0 unspecified atom stereocenters. The van der Waals surface area contributed by atoms with E-state index < -0.39 is 0 Å². The molecule has 29 heavy (non-hydrogen) atoms. The second kappa shape index (κ2) is 7.81. The van der Waals surface area contributed by atoms with Gasteiger partial charge in [-0.25, -0.2) is 4.98 Å². The maximum atomic E-state index is 12.9. The third-order valence-corrected chi connectivity index (χ3v) is 6.25. The van der Waals surface area contributed by atoms with Gasteiger partial charge in [0.2, 0.25) is 5.95 Å².